The van der Waals surface area contributed by atoms with Crippen LogP contribution < -0.4 is 10.6 Å². The zero-order valence-corrected chi connectivity index (χ0v) is 17.5. The van der Waals surface area contributed by atoms with Crippen molar-refractivity contribution in [2.45, 2.75) is 12.6 Å². The van der Waals surface area contributed by atoms with Gasteiger partial charge in [-0.05, 0) is 26.2 Å². The molecule has 144 valence electrons. The van der Waals surface area contributed by atoms with E-state index in [0.29, 0.717) is 12.5 Å². The molecule has 0 aliphatic rings. The summed E-state index contributed by atoms with van der Waals surface area (Å²) in [6.45, 7) is 0.709. The van der Waals surface area contributed by atoms with Crippen LogP contribution in [0.2, 0.25) is 0 Å². The summed E-state index contributed by atoms with van der Waals surface area (Å²) in [5.74, 6) is 0.115. The number of nitrogens with one attached hydrogen (secondary N) is 2. The van der Waals surface area contributed by atoms with Crippen LogP contribution in [0.4, 0.5) is 8.78 Å². The second-order valence-electron chi connectivity index (χ2n) is 5.72. The van der Waals surface area contributed by atoms with Crippen LogP contribution in [-0.2, 0) is 13.6 Å². The molecule has 0 saturated carbocycles. The first-order valence-corrected chi connectivity index (χ1v) is 7.81. The average molecular weight is 479 g/mol. The Kier molecular flexibility index (Phi) is 8.85. The van der Waals surface area contributed by atoms with Gasteiger partial charge in [-0.15, -0.1) is 24.0 Å². The number of halogens is 3. The Bertz CT molecular complexity index is 713. The second-order valence-corrected chi connectivity index (χ2v) is 5.72. The zero-order chi connectivity index (χ0) is 18.4. The average Bonchev–Trinajstić information content (AvgIpc) is 2.97. The number of likely N-dealkylation sites (N-methyl/N-ethyl adjacent to an activating group) is 1. The van der Waals surface area contributed by atoms with Crippen molar-refractivity contribution in [3.63, 3.8) is 0 Å². The van der Waals surface area contributed by atoms with E-state index < -0.39 is 17.7 Å². The van der Waals surface area contributed by atoms with E-state index in [1.54, 1.807) is 37.8 Å². The van der Waals surface area contributed by atoms with Crippen LogP contribution in [0, 0.1) is 11.6 Å². The molecule has 2 rings (SSSR count). The van der Waals surface area contributed by atoms with E-state index >= 15 is 0 Å². The number of rotatable bonds is 6. The molecule has 0 spiro atoms. The molecule has 0 radical (unpaired) electrons. The molecule has 0 aliphatic carbocycles. The summed E-state index contributed by atoms with van der Waals surface area (Å²) < 4.78 is 29.8. The minimum atomic E-state index is -0.567. The number of aromatic nitrogens is 3. The summed E-state index contributed by atoms with van der Waals surface area (Å²) in [6, 6.07) is 3.39. The molecule has 0 amide bonds. The Labute approximate surface area is 168 Å². The summed E-state index contributed by atoms with van der Waals surface area (Å²) in [4.78, 5) is 9.99. The van der Waals surface area contributed by atoms with E-state index in [-0.39, 0.29) is 36.1 Å². The molecule has 10 heteroatoms. The van der Waals surface area contributed by atoms with Crippen molar-refractivity contribution in [2.75, 3.05) is 27.7 Å². The van der Waals surface area contributed by atoms with Gasteiger partial charge >= 0.3 is 0 Å². The number of benzene rings is 1. The first kappa shape index (κ1) is 22.2. The first-order valence-electron chi connectivity index (χ1n) is 7.81. The van der Waals surface area contributed by atoms with Crippen molar-refractivity contribution in [2.24, 2.45) is 12.0 Å². The standard InChI is InChI=1S/C16H23F2N7.HI/c1-19-16(21-9-14-22-10-23-25(14)4)20-8-13(24(2)3)15-11(17)6-5-7-12(15)18;/h5-7,10,13H,8-9H2,1-4H3,(H2,19,20,21);1H. The van der Waals surface area contributed by atoms with Crippen LogP contribution >= 0.6 is 24.0 Å². The fourth-order valence-corrected chi connectivity index (χ4v) is 2.43. The van der Waals surface area contributed by atoms with Crippen LogP contribution in [0.5, 0.6) is 0 Å². The van der Waals surface area contributed by atoms with Gasteiger partial charge in [0, 0.05) is 26.2 Å². The van der Waals surface area contributed by atoms with Crippen molar-refractivity contribution >= 4 is 29.9 Å². The molecule has 1 unspecified atom stereocenters. The molecule has 1 heterocycles. The molecule has 1 aromatic carbocycles. The lowest BCUT2D eigenvalue weighted by molar-refractivity contribution is 0.282. The highest BCUT2D eigenvalue weighted by atomic mass is 127. The predicted octanol–water partition coefficient (Wildman–Crippen LogP) is 1.68. The summed E-state index contributed by atoms with van der Waals surface area (Å²) in [7, 11) is 6.96. The van der Waals surface area contributed by atoms with Crippen molar-refractivity contribution in [3.8, 4) is 0 Å². The van der Waals surface area contributed by atoms with Gasteiger partial charge < -0.3 is 15.5 Å². The van der Waals surface area contributed by atoms with Gasteiger partial charge in [0.1, 0.15) is 23.8 Å². The van der Waals surface area contributed by atoms with E-state index in [9.17, 15) is 8.78 Å². The van der Waals surface area contributed by atoms with Gasteiger partial charge in [-0.1, -0.05) is 6.07 Å². The lowest BCUT2D eigenvalue weighted by Gasteiger charge is -2.26. The number of hydrogen-bond donors (Lipinski definition) is 2. The molecule has 0 aliphatic heterocycles. The third-order valence-electron chi connectivity index (χ3n) is 3.86. The van der Waals surface area contributed by atoms with Gasteiger partial charge in [0.2, 0.25) is 0 Å². The lowest BCUT2D eigenvalue weighted by atomic mass is 10.0. The van der Waals surface area contributed by atoms with E-state index in [4.69, 9.17) is 0 Å². The van der Waals surface area contributed by atoms with E-state index in [2.05, 4.69) is 25.7 Å². The maximum atomic E-state index is 14.1. The van der Waals surface area contributed by atoms with Crippen molar-refractivity contribution < 1.29 is 8.78 Å². The molecule has 0 fully saturated rings. The molecule has 1 aromatic heterocycles. The van der Waals surface area contributed by atoms with Gasteiger partial charge in [0.25, 0.3) is 0 Å². The normalized spacial score (nSPS) is 12.7. The Balaban J connectivity index is 0.00000338. The smallest absolute Gasteiger partial charge is 0.191 e. The van der Waals surface area contributed by atoms with E-state index in [0.717, 1.165) is 5.82 Å². The molecule has 26 heavy (non-hydrogen) atoms. The molecule has 7 nitrogen and oxygen atoms in total. The zero-order valence-electron chi connectivity index (χ0n) is 15.2. The Morgan fingerprint density at radius 3 is 2.42 bits per heavy atom. The molecule has 2 aromatic rings. The number of aliphatic imine (C=N–C) groups is 1. The van der Waals surface area contributed by atoms with Crippen molar-refractivity contribution in [1.82, 2.24) is 30.3 Å². The summed E-state index contributed by atoms with van der Waals surface area (Å²) >= 11 is 0. The third kappa shape index (κ3) is 5.59. The Hall–Kier alpha value is -1.82. The fraction of sp³-hybridized carbons (Fsp3) is 0.438. The summed E-state index contributed by atoms with van der Waals surface area (Å²) in [5, 5.41) is 10.2. The van der Waals surface area contributed by atoms with Gasteiger partial charge in [0.05, 0.1) is 12.6 Å². The minimum absolute atomic E-state index is 0. The molecular weight excluding hydrogens is 455 g/mol. The fourth-order valence-electron chi connectivity index (χ4n) is 2.43. The second kappa shape index (κ2) is 10.4. The van der Waals surface area contributed by atoms with Crippen molar-refractivity contribution in [3.05, 3.63) is 47.5 Å². The minimum Gasteiger partial charge on any atom is -0.354 e. The van der Waals surface area contributed by atoms with Crippen LogP contribution in [0.25, 0.3) is 0 Å². The SMILES string of the molecule is CN=C(NCc1ncnn1C)NCC(c1c(F)cccc1F)N(C)C.I. The molecule has 2 N–H and O–H groups in total. The molecule has 0 saturated heterocycles. The predicted molar refractivity (Wildman–Crippen MR) is 107 cm³/mol. The van der Waals surface area contributed by atoms with Crippen LogP contribution in [-0.4, -0.2) is 53.3 Å². The highest BCUT2D eigenvalue weighted by molar-refractivity contribution is 14.0. The topological polar surface area (TPSA) is 70.4 Å². The van der Waals surface area contributed by atoms with Crippen LogP contribution in [0.3, 0.4) is 0 Å². The Morgan fingerprint density at radius 1 is 1.27 bits per heavy atom. The summed E-state index contributed by atoms with van der Waals surface area (Å²) in [6.07, 6.45) is 1.47. The van der Waals surface area contributed by atoms with E-state index in [1.807, 2.05) is 0 Å². The van der Waals surface area contributed by atoms with E-state index in [1.165, 1.54) is 24.5 Å². The quantitative estimate of drug-likeness (QED) is 0.375. The summed E-state index contributed by atoms with van der Waals surface area (Å²) in [5.41, 5.74) is 0.0313. The van der Waals surface area contributed by atoms with Crippen LogP contribution in [0.15, 0.2) is 29.5 Å². The third-order valence-corrected chi connectivity index (χ3v) is 3.86. The highest BCUT2D eigenvalue weighted by Gasteiger charge is 2.22. The maximum absolute atomic E-state index is 14.1. The number of aryl methyl sites for hydroxylation is 1. The van der Waals surface area contributed by atoms with Gasteiger partial charge in [-0.25, -0.2) is 13.8 Å². The number of hydrogen-bond acceptors (Lipinski definition) is 4. The lowest BCUT2D eigenvalue weighted by Crippen LogP contribution is -2.42. The van der Waals surface area contributed by atoms with Gasteiger partial charge in [-0.3, -0.25) is 9.67 Å². The van der Waals surface area contributed by atoms with Gasteiger partial charge in [-0.2, -0.15) is 5.10 Å². The number of guanidine groups is 1. The van der Waals surface area contributed by atoms with Crippen LogP contribution in [0.1, 0.15) is 17.4 Å². The molecular formula is C16H24F2IN7. The Morgan fingerprint density at radius 2 is 1.92 bits per heavy atom. The molecule has 0 bridgehead atoms. The number of nitrogens with zero attached hydrogens (tertiary/aromatic N) is 5. The molecule has 1 atom stereocenters. The maximum Gasteiger partial charge on any atom is 0.191 e. The van der Waals surface area contributed by atoms with Crippen molar-refractivity contribution in [1.29, 1.82) is 0 Å². The largest absolute Gasteiger partial charge is 0.354 e. The monoisotopic (exact) mass is 479 g/mol. The van der Waals surface area contributed by atoms with Gasteiger partial charge in [0.15, 0.2) is 5.96 Å². The first-order chi connectivity index (χ1) is 11.9. The highest BCUT2D eigenvalue weighted by Crippen LogP contribution is 2.23.